The molecule has 5 nitrogen and oxygen atoms in total. The zero-order chi connectivity index (χ0) is 26.4. The fourth-order valence-electron chi connectivity index (χ4n) is 3.48. The minimum Gasteiger partial charge on any atom is -0.381 e. The normalized spacial score (nSPS) is 18.2. The zero-order valence-corrected chi connectivity index (χ0v) is 23.5. The second-order valence-corrected chi connectivity index (χ2v) is 6.89. The maximum Gasteiger partial charge on any atom is 0.107 e. The van der Waals surface area contributed by atoms with E-state index in [1.807, 2.05) is 67.5 Å². The summed E-state index contributed by atoms with van der Waals surface area (Å²) in [5.41, 5.74) is 2.56. The highest BCUT2D eigenvalue weighted by atomic mass is 16.5. The molecule has 1 aliphatic heterocycles. The maximum atomic E-state index is 9.30. The monoisotopic (exact) mass is 474 g/mol. The summed E-state index contributed by atoms with van der Waals surface area (Å²) in [5.74, 6) is 6.02. The lowest BCUT2D eigenvalue weighted by molar-refractivity contribution is -0.119. The van der Waals surface area contributed by atoms with Crippen molar-refractivity contribution in [3.8, 4) is 17.9 Å². The second kappa shape index (κ2) is 22.7. The van der Waals surface area contributed by atoms with Crippen molar-refractivity contribution in [1.29, 1.82) is 5.26 Å². The molecule has 194 valence electrons. The molecule has 1 aromatic rings. The standard InChI is InChI=1S/C21H26N2O3.4C2H6/c1-24-9-3-4-16-10-17(15-22)12-18(11-16)23-7-5-19(6-8-23)26-21-13-20(14-21)25-2;4*1-2/h10-12,19-21H,5-9,13-14H2,1-2H3;4*1-2H3. The Morgan fingerprint density at radius 2 is 1.38 bits per heavy atom. The number of ether oxygens (including phenoxy) is 3. The van der Waals surface area contributed by atoms with Crippen LogP contribution in [-0.4, -0.2) is 52.2 Å². The lowest BCUT2D eigenvalue weighted by Gasteiger charge is -2.40. The molecular weight excluding hydrogens is 424 g/mol. The maximum absolute atomic E-state index is 9.30. The SMILES string of the molecule is CC.CC.CC.CC.COCC#Cc1cc(C#N)cc(N2CCC(OC3CC(OC)C3)CC2)c1. The van der Waals surface area contributed by atoms with Gasteiger partial charge < -0.3 is 19.1 Å². The number of nitrogens with zero attached hydrogens (tertiary/aromatic N) is 2. The van der Waals surface area contributed by atoms with E-state index in [-0.39, 0.29) is 0 Å². The number of benzene rings is 1. The third-order valence-electron chi connectivity index (χ3n) is 5.07. The molecule has 3 rings (SSSR count). The van der Waals surface area contributed by atoms with Crippen LogP contribution in [0.3, 0.4) is 0 Å². The summed E-state index contributed by atoms with van der Waals surface area (Å²) in [4.78, 5) is 2.32. The molecular formula is C29H50N2O3. The Bertz CT molecular complexity index is 704. The molecule has 0 N–H and O–H groups in total. The topological polar surface area (TPSA) is 54.7 Å². The average Bonchev–Trinajstić information content (AvgIpc) is 2.91. The Labute approximate surface area is 210 Å². The molecule has 1 aromatic carbocycles. The van der Waals surface area contributed by atoms with E-state index >= 15 is 0 Å². The van der Waals surface area contributed by atoms with Gasteiger partial charge in [0.15, 0.2) is 0 Å². The Kier molecular flexibility index (Phi) is 22.8. The highest BCUT2D eigenvalue weighted by molar-refractivity contribution is 5.57. The molecule has 0 unspecified atom stereocenters. The van der Waals surface area contributed by atoms with E-state index in [2.05, 4.69) is 28.9 Å². The number of hydrogen-bond acceptors (Lipinski definition) is 5. The molecule has 0 amide bonds. The number of piperidine rings is 1. The lowest BCUT2D eigenvalue weighted by Crippen LogP contribution is -2.43. The van der Waals surface area contributed by atoms with Crippen molar-refractivity contribution in [2.45, 2.75) is 99.4 Å². The van der Waals surface area contributed by atoms with Crippen molar-refractivity contribution in [1.82, 2.24) is 0 Å². The summed E-state index contributed by atoms with van der Waals surface area (Å²) >= 11 is 0. The third kappa shape index (κ3) is 12.4. The van der Waals surface area contributed by atoms with Gasteiger partial charge >= 0.3 is 0 Å². The summed E-state index contributed by atoms with van der Waals surface area (Å²) in [7, 11) is 3.39. The Morgan fingerprint density at radius 3 is 1.88 bits per heavy atom. The van der Waals surface area contributed by atoms with Gasteiger partial charge in [0.05, 0.1) is 29.9 Å². The van der Waals surface area contributed by atoms with Crippen molar-refractivity contribution in [3.63, 3.8) is 0 Å². The Hall–Kier alpha value is -2.05. The van der Waals surface area contributed by atoms with Gasteiger partial charge in [0.2, 0.25) is 0 Å². The van der Waals surface area contributed by atoms with Gasteiger partial charge in [0, 0.05) is 38.6 Å². The molecule has 1 aliphatic carbocycles. The van der Waals surface area contributed by atoms with Crippen molar-refractivity contribution in [3.05, 3.63) is 29.3 Å². The van der Waals surface area contributed by atoms with Crippen LogP contribution in [-0.2, 0) is 14.2 Å². The number of rotatable bonds is 5. The summed E-state index contributed by atoms with van der Waals surface area (Å²) in [6.45, 7) is 18.3. The molecule has 0 aromatic heterocycles. The van der Waals surface area contributed by atoms with Crippen LogP contribution in [0.1, 0.15) is 92.2 Å². The van der Waals surface area contributed by atoms with Crippen molar-refractivity contribution in [2.24, 2.45) is 0 Å². The molecule has 1 heterocycles. The van der Waals surface area contributed by atoms with Crippen LogP contribution in [0, 0.1) is 23.2 Å². The smallest absolute Gasteiger partial charge is 0.107 e. The first-order valence-electron chi connectivity index (χ1n) is 13.2. The highest BCUT2D eigenvalue weighted by Gasteiger charge is 2.32. The minimum absolute atomic E-state index is 0.328. The van der Waals surface area contributed by atoms with Crippen molar-refractivity contribution in [2.75, 3.05) is 38.8 Å². The van der Waals surface area contributed by atoms with E-state index in [9.17, 15) is 5.26 Å². The minimum atomic E-state index is 0.328. The van der Waals surface area contributed by atoms with Crippen LogP contribution >= 0.6 is 0 Å². The molecule has 1 saturated carbocycles. The van der Waals surface area contributed by atoms with E-state index < -0.39 is 0 Å². The fourth-order valence-corrected chi connectivity index (χ4v) is 3.48. The van der Waals surface area contributed by atoms with E-state index in [1.54, 1.807) is 14.2 Å². The number of methoxy groups -OCH3 is 2. The van der Waals surface area contributed by atoms with Gasteiger partial charge in [-0.3, -0.25) is 0 Å². The molecule has 2 fully saturated rings. The van der Waals surface area contributed by atoms with Gasteiger partial charge in [0.25, 0.3) is 0 Å². The van der Waals surface area contributed by atoms with Crippen LogP contribution in [0.4, 0.5) is 5.69 Å². The highest BCUT2D eigenvalue weighted by Crippen LogP contribution is 2.30. The van der Waals surface area contributed by atoms with E-state index in [1.165, 1.54) is 0 Å². The first kappa shape index (κ1) is 34.1. The van der Waals surface area contributed by atoms with Gasteiger partial charge in [-0.15, -0.1) is 0 Å². The molecule has 0 bridgehead atoms. The third-order valence-corrected chi connectivity index (χ3v) is 5.07. The first-order chi connectivity index (χ1) is 16.7. The average molecular weight is 475 g/mol. The van der Waals surface area contributed by atoms with E-state index in [0.717, 1.165) is 50.0 Å². The fraction of sp³-hybridized carbons (Fsp3) is 0.690. The van der Waals surface area contributed by atoms with Gasteiger partial charge in [-0.25, -0.2) is 0 Å². The molecule has 2 aliphatic rings. The van der Waals surface area contributed by atoms with Gasteiger partial charge in [-0.05, 0) is 43.9 Å². The lowest BCUT2D eigenvalue weighted by atomic mass is 9.91. The predicted octanol–water partition coefficient (Wildman–Crippen LogP) is 6.82. The summed E-state index contributed by atoms with van der Waals surface area (Å²) in [6.07, 6.45) is 5.13. The molecule has 0 radical (unpaired) electrons. The van der Waals surface area contributed by atoms with Crippen LogP contribution < -0.4 is 4.90 Å². The van der Waals surface area contributed by atoms with Gasteiger partial charge in [-0.1, -0.05) is 67.2 Å². The van der Waals surface area contributed by atoms with Crippen LogP contribution in [0.2, 0.25) is 0 Å². The molecule has 34 heavy (non-hydrogen) atoms. The van der Waals surface area contributed by atoms with Gasteiger partial charge in [-0.2, -0.15) is 5.26 Å². The Balaban J connectivity index is 0. The summed E-state index contributed by atoms with van der Waals surface area (Å²) < 4.78 is 16.5. The quantitative estimate of drug-likeness (QED) is 0.438. The van der Waals surface area contributed by atoms with E-state index in [0.29, 0.717) is 30.5 Å². The largest absolute Gasteiger partial charge is 0.381 e. The molecule has 0 spiro atoms. The van der Waals surface area contributed by atoms with Crippen LogP contribution in [0.25, 0.3) is 0 Å². The molecule has 1 saturated heterocycles. The van der Waals surface area contributed by atoms with Crippen molar-refractivity contribution >= 4 is 5.69 Å². The Morgan fingerprint density at radius 1 is 0.824 bits per heavy atom. The number of hydrogen-bond donors (Lipinski definition) is 0. The first-order valence-corrected chi connectivity index (χ1v) is 13.2. The van der Waals surface area contributed by atoms with Crippen LogP contribution in [0.15, 0.2) is 18.2 Å². The summed E-state index contributed by atoms with van der Waals surface area (Å²) in [5, 5.41) is 9.30. The predicted molar refractivity (Wildman–Crippen MR) is 145 cm³/mol. The second-order valence-electron chi connectivity index (χ2n) is 6.89. The van der Waals surface area contributed by atoms with Gasteiger partial charge in [0.1, 0.15) is 6.61 Å². The van der Waals surface area contributed by atoms with E-state index in [4.69, 9.17) is 14.2 Å². The van der Waals surface area contributed by atoms with Crippen molar-refractivity contribution < 1.29 is 14.2 Å². The number of anilines is 1. The van der Waals surface area contributed by atoms with Crippen LogP contribution in [0.5, 0.6) is 0 Å². The summed E-state index contributed by atoms with van der Waals surface area (Å²) in [6, 6.07) is 8.06. The number of nitriles is 1. The zero-order valence-electron chi connectivity index (χ0n) is 23.5. The molecule has 5 heteroatoms. The molecule has 0 atom stereocenters.